The number of hydrogen-bond acceptors (Lipinski definition) is 5. The van der Waals surface area contributed by atoms with Crippen LogP contribution in [0.2, 0.25) is 0 Å². The smallest absolute Gasteiger partial charge is 0.193 e. The Morgan fingerprint density at radius 3 is 2.62 bits per heavy atom. The maximum absolute atomic E-state index is 4.43. The Hall–Kier alpha value is -1.49. The zero-order valence-electron chi connectivity index (χ0n) is 12.5. The third-order valence-corrected chi connectivity index (χ3v) is 4.83. The minimum atomic E-state index is 0.0942. The molecule has 4 nitrogen and oxygen atoms in total. The Labute approximate surface area is 130 Å². The van der Waals surface area contributed by atoms with Crippen LogP contribution in [0.25, 0.3) is 0 Å². The predicted octanol–water partition coefficient (Wildman–Crippen LogP) is 4.58. The standard InChI is InChI=1S/C16H22N4S/c1-2-19-12-13-21-16(19)18-17-14-6-8-15(9-7-14)20-10-4-3-5-11-20/h6-9,12-13,16H,2-5,10-11H2,1H3. The number of benzene rings is 1. The van der Waals surface area contributed by atoms with Crippen molar-refractivity contribution < 1.29 is 0 Å². The van der Waals surface area contributed by atoms with Crippen molar-refractivity contribution in [2.45, 2.75) is 31.7 Å². The molecule has 1 aromatic rings. The summed E-state index contributed by atoms with van der Waals surface area (Å²) in [5.74, 6) is 0. The molecule has 21 heavy (non-hydrogen) atoms. The summed E-state index contributed by atoms with van der Waals surface area (Å²) < 4.78 is 0. The molecule has 0 N–H and O–H groups in total. The highest BCUT2D eigenvalue weighted by Crippen LogP contribution is 2.28. The predicted molar refractivity (Wildman–Crippen MR) is 89.9 cm³/mol. The van der Waals surface area contributed by atoms with Crippen LogP contribution in [0.4, 0.5) is 11.4 Å². The Morgan fingerprint density at radius 2 is 1.90 bits per heavy atom. The summed E-state index contributed by atoms with van der Waals surface area (Å²) in [6.45, 7) is 5.45. The van der Waals surface area contributed by atoms with E-state index < -0.39 is 0 Å². The molecule has 5 heteroatoms. The largest absolute Gasteiger partial charge is 0.372 e. The summed E-state index contributed by atoms with van der Waals surface area (Å²) in [5.41, 5.74) is 2.33. The molecule has 1 aromatic carbocycles. The SMILES string of the molecule is CCN1C=CSC1N=Nc1ccc(N2CCCCC2)cc1. The molecule has 112 valence electrons. The van der Waals surface area contributed by atoms with Crippen LogP contribution < -0.4 is 4.90 Å². The molecule has 0 amide bonds. The van der Waals surface area contributed by atoms with Gasteiger partial charge in [-0.25, -0.2) is 0 Å². The van der Waals surface area contributed by atoms with E-state index in [1.54, 1.807) is 11.8 Å². The molecule has 1 saturated heterocycles. The highest BCUT2D eigenvalue weighted by atomic mass is 32.2. The summed E-state index contributed by atoms with van der Waals surface area (Å²) in [7, 11) is 0. The second-order valence-electron chi connectivity index (χ2n) is 5.36. The van der Waals surface area contributed by atoms with Gasteiger partial charge in [0.1, 0.15) is 0 Å². The molecule has 1 unspecified atom stereocenters. The van der Waals surface area contributed by atoms with Crippen LogP contribution in [0.15, 0.2) is 46.1 Å². The molecule has 2 heterocycles. The third kappa shape index (κ3) is 3.59. The summed E-state index contributed by atoms with van der Waals surface area (Å²) in [6, 6.07) is 8.46. The number of nitrogens with zero attached hydrogens (tertiary/aromatic N) is 4. The topological polar surface area (TPSA) is 31.2 Å². The number of thioether (sulfide) groups is 1. The number of rotatable bonds is 4. The second kappa shape index (κ2) is 6.98. The van der Waals surface area contributed by atoms with Crippen molar-refractivity contribution in [1.29, 1.82) is 0 Å². The van der Waals surface area contributed by atoms with Crippen molar-refractivity contribution in [1.82, 2.24) is 4.90 Å². The van der Waals surface area contributed by atoms with Crippen LogP contribution in [0.1, 0.15) is 26.2 Å². The molecular formula is C16H22N4S. The van der Waals surface area contributed by atoms with Crippen molar-refractivity contribution in [2.75, 3.05) is 24.5 Å². The van der Waals surface area contributed by atoms with Crippen LogP contribution in [0.3, 0.4) is 0 Å². The number of anilines is 1. The lowest BCUT2D eigenvalue weighted by Gasteiger charge is -2.28. The summed E-state index contributed by atoms with van der Waals surface area (Å²) in [4.78, 5) is 4.64. The van der Waals surface area contributed by atoms with E-state index >= 15 is 0 Å². The summed E-state index contributed by atoms with van der Waals surface area (Å²) in [5, 5.41) is 10.9. The molecule has 1 fully saturated rings. The van der Waals surface area contributed by atoms with Gasteiger partial charge < -0.3 is 9.80 Å². The van der Waals surface area contributed by atoms with Gasteiger partial charge in [-0.2, -0.15) is 10.2 Å². The number of hydrogen-bond donors (Lipinski definition) is 0. The van der Waals surface area contributed by atoms with Gasteiger partial charge in [0.05, 0.1) is 5.69 Å². The van der Waals surface area contributed by atoms with Crippen LogP contribution in [-0.4, -0.2) is 30.0 Å². The Balaban J connectivity index is 1.61. The third-order valence-electron chi connectivity index (χ3n) is 3.94. The molecule has 1 atom stereocenters. The highest BCUT2D eigenvalue weighted by Gasteiger charge is 2.17. The highest BCUT2D eigenvalue weighted by molar-refractivity contribution is 8.02. The molecule has 0 aromatic heterocycles. The average molecular weight is 302 g/mol. The molecular weight excluding hydrogens is 280 g/mol. The fraction of sp³-hybridized carbons (Fsp3) is 0.500. The molecule has 2 aliphatic heterocycles. The molecule has 0 saturated carbocycles. The minimum absolute atomic E-state index is 0.0942. The van der Waals surface area contributed by atoms with E-state index in [4.69, 9.17) is 0 Å². The van der Waals surface area contributed by atoms with Gasteiger partial charge in [-0.05, 0) is 55.9 Å². The van der Waals surface area contributed by atoms with Crippen LogP contribution >= 0.6 is 11.8 Å². The van der Waals surface area contributed by atoms with Crippen molar-refractivity contribution in [3.63, 3.8) is 0 Å². The van der Waals surface area contributed by atoms with Gasteiger partial charge in [-0.15, -0.1) is 0 Å². The molecule has 0 bridgehead atoms. The first-order valence-electron chi connectivity index (χ1n) is 7.70. The number of azo groups is 1. The average Bonchev–Trinajstić information content (AvgIpc) is 3.02. The fourth-order valence-corrected chi connectivity index (χ4v) is 3.53. The zero-order valence-corrected chi connectivity index (χ0v) is 13.3. The molecule has 3 rings (SSSR count). The first-order chi connectivity index (χ1) is 10.4. The Bertz CT molecular complexity index is 506. The molecule has 0 spiro atoms. The zero-order chi connectivity index (χ0) is 14.5. The lowest BCUT2D eigenvalue weighted by molar-refractivity contribution is 0.380. The van der Waals surface area contributed by atoms with E-state index in [9.17, 15) is 0 Å². The van der Waals surface area contributed by atoms with E-state index in [-0.39, 0.29) is 5.50 Å². The van der Waals surface area contributed by atoms with Crippen LogP contribution in [0.5, 0.6) is 0 Å². The maximum Gasteiger partial charge on any atom is 0.193 e. The summed E-state index contributed by atoms with van der Waals surface area (Å²) >= 11 is 1.70. The first kappa shape index (κ1) is 14.4. The van der Waals surface area contributed by atoms with Crippen LogP contribution in [0, 0.1) is 0 Å². The minimum Gasteiger partial charge on any atom is -0.372 e. The van der Waals surface area contributed by atoms with Gasteiger partial charge in [-0.3, -0.25) is 0 Å². The quantitative estimate of drug-likeness (QED) is 0.763. The van der Waals surface area contributed by atoms with Gasteiger partial charge in [-0.1, -0.05) is 11.8 Å². The summed E-state index contributed by atoms with van der Waals surface area (Å²) in [6.07, 6.45) is 6.05. The van der Waals surface area contributed by atoms with Gasteiger partial charge in [0.15, 0.2) is 5.50 Å². The van der Waals surface area contributed by atoms with Gasteiger partial charge in [0, 0.05) is 31.5 Å². The van der Waals surface area contributed by atoms with E-state index in [2.05, 4.69) is 62.8 Å². The normalized spacial score (nSPS) is 22.4. The molecule has 2 aliphatic rings. The van der Waals surface area contributed by atoms with Gasteiger partial charge in [0.25, 0.3) is 0 Å². The Morgan fingerprint density at radius 1 is 1.14 bits per heavy atom. The molecule has 0 radical (unpaired) electrons. The number of piperidine rings is 1. The lowest BCUT2D eigenvalue weighted by atomic mass is 10.1. The van der Waals surface area contributed by atoms with Crippen molar-refractivity contribution in [3.8, 4) is 0 Å². The van der Waals surface area contributed by atoms with E-state index in [0.717, 1.165) is 12.2 Å². The van der Waals surface area contributed by atoms with Crippen LogP contribution in [-0.2, 0) is 0 Å². The van der Waals surface area contributed by atoms with E-state index in [1.807, 2.05) is 0 Å². The van der Waals surface area contributed by atoms with Crippen molar-refractivity contribution in [3.05, 3.63) is 35.9 Å². The maximum atomic E-state index is 4.43. The monoisotopic (exact) mass is 302 g/mol. The van der Waals surface area contributed by atoms with Crippen molar-refractivity contribution >= 4 is 23.1 Å². The second-order valence-corrected chi connectivity index (χ2v) is 6.32. The first-order valence-corrected chi connectivity index (χ1v) is 8.65. The van der Waals surface area contributed by atoms with E-state index in [1.165, 1.54) is 38.0 Å². The Kier molecular flexibility index (Phi) is 4.80. The van der Waals surface area contributed by atoms with E-state index in [0.29, 0.717) is 0 Å². The van der Waals surface area contributed by atoms with Crippen molar-refractivity contribution in [2.24, 2.45) is 10.2 Å². The lowest BCUT2D eigenvalue weighted by Crippen LogP contribution is -2.29. The van der Waals surface area contributed by atoms with Gasteiger partial charge in [0.2, 0.25) is 0 Å². The van der Waals surface area contributed by atoms with Gasteiger partial charge >= 0.3 is 0 Å². The fourth-order valence-electron chi connectivity index (χ4n) is 2.69. The molecule has 0 aliphatic carbocycles.